The van der Waals surface area contributed by atoms with Crippen molar-refractivity contribution >= 4 is 11.7 Å². The summed E-state index contributed by atoms with van der Waals surface area (Å²) in [5, 5.41) is 2.82. The minimum absolute atomic E-state index is 0. The molecule has 0 spiro atoms. The summed E-state index contributed by atoms with van der Waals surface area (Å²) in [6, 6.07) is 0. The first-order valence-electron chi connectivity index (χ1n) is 4.81. The topological polar surface area (TPSA) is 93.5 Å². The van der Waals surface area contributed by atoms with Crippen LogP contribution in [0.1, 0.15) is 14.7 Å². The number of aliphatic imine (C=N–C) groups is 1. The molecule has 0 fully saturated rings. The number of Topliss-reactive ketones (excluding diaryl/α,β-unsaturated/α-hetero) is 1. The van der Waals surface area contributed by atoms with Crippen LogP contribution in [0.3, 0.4) is 0 Å². The van der Waals surface area contributed by atoms with Gasteiger partial charge in [0.05, 0.1) is 0 Å². The molecule has 6 heteroatoms. The molecule has 0 saturated carbocycles. The molecule has 0 aliphatic rings. The van der Waals surface area contributed by atoms with Crippen LogP contribution >= 0.6 is 0 Å². The first kappa shape index (κ1) is 16.9. The molecule has 0 radical (unpaired) electrons. The number of nitrogens with two attached hydrogens (primary N) is 2. The Bertz CT molecular complexity index is 202. The second kappa shape index (κ2) is 13.5. The van der Waals surface area contributed by atoms with Crippen LogP contribution in [0.25, 0.3) is 0 Å². The third kappa shape index (κ3) is 16.2. The summed E-state index contributed by atoms with van der Waals surface area (Å²) in [4.78, 5) is 14.3. The largest absolute Gasteiger partial charge is 2.00 e. The number of nitrogens with one attached hydrogen (secondary N) is 1. The van der Waals surface area contributed by atoms with E-state index in [1.54, 1.807) is 7.05 Å². The molecule has 15 heavy (non-hydrogen) atoms. The maximum Gasteiger partial charge on any atom is 2.00 e. The van der Waals surface area contributed by atoms with E-state index in [2.05, 4.69) is 30.0 Å². The van der Waals surface area contributed by atoms with Gasteiger partial charge in [0.15, 0.2) is 5.96 Å². The van der Waals surface area contributed by atoms with Crippen molar-refractivity contribution in [1.29, 1.82) is 0 Å². The van der Waals surface area contributed by atoms with E-state index in [9.17, 15) is 4.79 Å². The molecule has 5 nitrogen and oxygen atoms in total. The molecule has 0 aromatic heterocycles. The van der Waals surface area contributed by atoms with Crippen LogP contribution in [-0.4, -0.2) is 25.3 Å². The van der Waals surface area contributed by atoms with Crippen molar-refractivity contribution in [1.82, 2.24) is 5.32 Å². The summed E-state index contributed by atoms with van der Waals surface area (Å²) >= 11 is 0. The normalized spacial score (nSPS) is 12.5. The van der Waals surface area contributed by atoms with Crippen LogP contribution in [0.15, 0.2) is 4.99 Å². The molecular weight excluding hydrogens is 364 g/mol. The van der Waals surface area contributed by atoms with Gasteiger partial charge in [0.2, 0.25) is 0 Å². The van der Waals surface area contributed by atoms with Crippen LogP contribution < -0.4 is 16.8 Å². The molecule has 0 bridgehead atoms. The summed E-state index contributed by atoms with van der Waals surface area (Å²) in [6.45, 7) is 3.94. The van der Waals surface area contributed by atoms with Gasteiger partial charge >= 0.3 is 21.1 Å². The second-order valence-electron chi connectivity index (χ2n) is 2.60. The number of rotatable bonds is 4. The minimum Gasteiger partial charge on any atom is -0.486 e. The summed E-state index contributed by atoms with van der Waals surface area (Å²) < 4.78 is 7.15. The number of ketones is 1. The zero-order chi connectivity index (χ0) is 12.3. The summed E-state index contributed by atoms with van der Waals surface area (Å²) in [5.74, 6) is 0.145. The minimum atomic E-state index is -0.147. The van der Waals surface area contributed by atoms with Gasteiger partial charge < -0.3 is 28.5 Å². The Labute approximate surface area is 108 Å². The van der Waals surface area contributed by atoms with E-state index < -0.39 is 0 Å². The van der Waals surface area contributed by atoms with E-state index in [1.807, 2.05) is 0 Å². The van der Waals surface area contributed by atoms with Crippen molar-refractivity contribution < 1.29 is 27.2 Å². The maximum atomic E-state index is 10.6. The van der Waals surface area contributed by atoms with E-state index >= 15 is 0 Å². The van der Waals surface area contributed by atoms with Crippen LogP contribution in [0.5, 0.6) is 0 Å². The Balaban J connectivity index is -0.000000529. The number of carbonyl (C=O) groups excluding carboxylic acids is 1. The molecule has 88 valence electrons. The van der Waals surface area contributed by atoms with Crippen molar-refractivity contribution in [2.24, 2.45) is 22.4 Å². The number of hydrogen-bond donors (Lipinski definition) is 3. The van der Waals surface area contributed by atoms with Crippen LogP contribution in [0.4, 0.5) is 0 Å². The number of carbonyl (C=O) groups is 1. The molecule has 0 saturated heterocycles. The van der Waals surface area contributed by atoms with Gasteiger partial charge in [-0.15, -0.1) is 0 Å². The second-order valence-corrected chi connectivity index (χ2v) is 2.60. The average molecular weight is 385 g/mol. The van der Waals surface area contributed by atoms with Crippen LogP contribution in [0.2, 0.25) is 0 Å². The fourth-order valence-electron chi connectivity index (χ4n) is 0.722. The van der Waals surface area contributed by atoms with E-state index in [0.717, 1.165) is 0 Å². The molecule has 0 aromatic carbocycles. The van der Waals surface area contributed by atoms with E-state index in [0.29, 0.717) is 18.9 Å². The molecule has 0 heterocycles. The predicted octanol–water partition coefficient (Wildman–Crippen LogP) is -0.316. The Morgan fingerprint density at radius 1 is 1.67 bits per heavy atom. The van der Waals surface area contributed by atoms with E-state index in [-0.39, 0.29) is 39.7 Å². The SMILES string of the molecule is [2H]CC(CNC(N)=NC)CC([CH2-])=O.[CH2-]N.[W+2]. The predicted molar refractivity (Wildman–Crippen MR) is 59.2 cm³/mol. The Hall–Kier alpha value is -0.542. The number of guanidine groups is 1. The van der Waals surface area contributed by atoms with Crippen molar-refractivity contribution in [2.75, 3.05) is 13.6 Å². The molecule has 0 amide bonds. The van der Waals surface area contributed by atoms with Gasteiger partial charge in [0, 0.05) is 15.0 Å². The van der Waals surface area contributed by atoms with E-state index in [1.165, 1.54) is 0 Å². The Morgan fingerprint density at radius 3 is 2.53 bits per heavy atom. The number of hydrogen-bond acceptors (Lipinski definition) is 3. The Morgan fingerprint density at radius 2 is 2.20 bits per heavy atom. The molecule has 1 unspecified atom stereocenters. The first-order valence-corrected chi connectivity index (χ1v) is 4.11. The standard InChI is InChI=1S/C8H16N3O.CH4N.W/c1-6(4-7(2)12)5-11-8(9)10-3;1-2;/h6H,2,4-5H2,1,3H3,(H3,9,10,11);1-2H2;/q2*-1;+2/i1D;;. The molecule has 0 aliphatic heterocycles. The summed E-state index contributed by atoms with van der Waals surface area (Å²) in [5.41, 5.74) is 9.63. The zero-order valence-electron chi connectivity index (χ0n) is 10.0. The van der Waals surface area contributed by atoms with Crippen LogP contribution in [-0.2, 0) is 25.9 Å². The van der Waals surface area contributed by atoms with Gasteiger partial charge in [-0.05, 0) is 18.1 Å². The molecule has 1 atom stereocenters. The average Bonchev–Trinajstić information content (AvgIpc) is 2.25. The van der Waals surface area contributed by atoms with Crippen molar-refractivity contribution in [3.63, 3.8) is 0 Å². The van der Waals surface area contributed by atoms with Gasteiger partial charge in [0.1, 0.15) is 0 Å². The van der Waals surface area contributed by atoms with Gasteiger partial charge in [-0.1, -0.05) is 6.90 Å². The zero-order valence-corrected chi connectivity index (χ0v) is 12.0. The third-order valence-electron chi connectivity index (χ3n) is 1.33. The van der Waals surface area contributed by atoms with Crippen molar-refractivity contribution in [2.45, 2.75) is 13.3 Å². The third-order valence-corrected chi connectivity index (χ3v) is 1.33. The summed E-state index contributed by atoms with van der Waals surface area (Å²) in [6.07, 6.45) is 0.313. The molecular formula is C9H20N4OW. The Kier molecular flexibility index (Phi) is 15.1. The summed E-state index contributed by atoms with van der Waals surface area (Å²) in [7, 11) is 4.32. The van der Waals surface area contributed by atoms with E-state index in [4.69, 9.17) is 7.10 Å². The van der Waals surface area contributed by atoms with Gasteiger partial charge in [-0.3, -0.25) is 12.0 Å². The quantitative estimate of drug-likeness (QED) is 0.352. The fraction of sp³-hybridized carbons (Fsp3) is 0.556. The molecule has 0 aliphatic carbocycles. The van der Waals surface area contributed by atoms with Gasteiger partial charge in [0.25, 0.3) is 0 Å². The fourth-order valence-corrected chi connectivity index (χ4v) is 0.722. The maximum absolute atomic E-state index is 10.6. The monoisotopic (exact) mass is 385 g/mol. The number of nitrogens with zero attached hydrogens (tertiary/aromatic N) is 1. The van der Waals surface area contributed by atoms with Crippen LogP contribution in [0, 0.1) is 19.9 Å². The smallest absolute Gasteiger partial charge is 0.486 e. The molecule has 5 N–H and O–H groups in total. The van der Waals surface area contributed by atoms with Gasteiger partial charge in [-0.25, -0.2) is 0 Å². The molecule has 0 aromatic rings. The first-order chi connectivity index (χ1) is 7.10. The van der Waals surface area contributed by atoms with Crippen molar-refractivity contribution in [3.8, 4) is 0 Å². The molecule has 0 rings (SSSR count). The van der Waals surface area contributed by atoms with Gasteiger partial charge in [-0.2, -0.15) is 0 Å². The van der Waals surface area contributed by atoms with Crippen molar-refractivity contribution in [3.05, 3.63) is 14.0 Å².